The Balaban J connectivity index is 2.83. The maximum Gasteiger partial charge on any atom is 0.317 e. The maximum absolute atomic E-state index is 10.8. The first-order chi connectivity index (χ1) is 8.04. The predicted molar refractivity (Wildman–Crippen MR) is 67.6 cm³/mol. The van der Waals surface area contributed by atoms with E-state index in [4.69, 9.17) is 11.5 Å². The van der Waals surface area contributed by atoms with Crippen LogP contribution in [0.4, 0.5) is 0 Å². The van der Waals surface area contributed by atoms with Crippen LogP contribution in [-0.4, -0.2) is 29.1 Å². The topological polar surface area (TPSA) is 40.5 Å². The second-order valence-corrected chi connectivity index (χ2v) is 4.09. The van der Waals surface area contributed by atoms with Gasteiger partial charge in [-0.1, -0.05) is 35.7 Å². The molecule has 0 heterocycles. The molecule has 90 valence electrons. The number of terminal acetylenes is 1. The third-order valence-electron chi connectivity index (χ3n) is 2.74. The van der Waals surface area contributed by atoms with E-state index in [1.165, 1.54) is 5.56 Å². The van der Waals surface area contributed by atoms with Gasteiger partial charge in [0.15, 0.2) is 0 Å². The smallest absolute Gasteiger partial charge is 0.317 e. The first kappa shape index (κ1) is 13.3. The molecule has 0 aliphatic rings. The standard InChI is InChI=1S/C14H17NO2/c1-4-9-15(10-14(16)17)12(3)13-7-5-11(2)6-8-13/h1,5-8,12H,9-10H2,2-3H3,(H,16,17). The van der Waals surface area contributed by atoms with Gasteiger partial charge in [0.2, 0.25) is 0 Å². The highest BCUT2D eigenvalue weighted by Crippen LogP contribution is 2.19. The number of benzene rings is 1. The molecule has 1 atom stereocenters. The van der Waals surface area contributed by atoms with Gasteiger partial charge in [-0.3, -0.25) is 9.69 Å². The molecule has 0 aliphatic heterocycles. The molecule has 0 saturated carbocycles. The summed E-state index contributed by atoms with van der Waals surface area (Å²) in [6, 6.07) is 8.04. The monoisotopic (exact) mass is 231 g/mol. The summed E-state index contributed by atoms with van der Waals surface area (Å²) in [6.07, 6.45) is 5.26. The van der Waals surface area contributed by atoms with E-state index in [2.05, 4.69) is 5.92 Å². The summed E-state index contributed by atoms with van der Waals surface area (Å²) in [7, 11) is 0. The number of hydrogen-bond acceptors (Lipinski definition) is 2. The van der Waals surface area contributed by atoms with Crippen LogP contribution in [0.25, 0.3) is 0 Å². The van der Waals surface area contributed by atoms with E-state index in [0.717, 1.165) is 5.56 Å². The zero-order valence-electron chi connectivity index (χ0n) is 10.2. The van der Waals surface area contributed by atoms with Crippen LogP contribution in [0.2, 0.25) is 0 Å². The molecule has 0 aliphatic carbocycles. The molecular formula is C14H17NO2. The minimum atomic E-state index is -0.862. The molecule has 1 unspecified atom stereocenters. The lowest BCUT2D eigenvalue weighted by Crippen LogP contribution is -2.32. The van der Waals surface area contributed by atoms with Crippen molar-refractivity contribution >= 4 is 5.97 Å². The fourth-order valence-corrected chi connectivity index (χ4v) is 1.68. The number of carboxylic acid groups (broad SMARTS) is 1. The van der Waals surface area contributed by atoms with Gasteiger partial charge in [-0.2, -0.15) is 0 Å². The molecule has 1 N–H and O–H groups in total. The molecule has 0 aromatic heterocycles. The Morgan fingerprint density at radius 1 is 1.47 bits per heavy atom. The molecule has 0 bridgehead atoms. The van der Waals surface area contributed by atoms with Crippen LogP contribution < -0.4 is 0 Å². The lowest BCUT2D eigenvalue weighted by molar-refractivity contribution is -0.138. The van der Waals surface area contributed by atoms with E-state index < -0.39 is 5.97 Å². The number of rotatable bonds is 5. The Hall–Kier alpha value is -1.79. The minimum Gasteiger partial charge on any atom is -0.480 e. The maximum atomic E-state index is 10.8. The third kappa shape index (κ3) is 3.93. The summed E-state index contributed by atoms with van der Waals surface area (Å²) >= 11 is 0. The molecule has 1 aromatic rings. The molecule has 3 heteroatoms. The molecular weight excluding hydrogens is 214 g/mol. The summed E-state index contributed by atoms with van der Waals surface area (Å²) in [5, 5.41) is 8.84. The van der Waals surface area contributed by atoms with Crippen molar-refractivity contribution in [3.63, 3.8) is 0 Å². The molecule has 17 heavy (non-hydrogen) atoms. The summed E-state index contributed by atoms with van der Waals surface area (Å²) in [6.45, 7) is 4.27. The number of carboxylic acids is 1. The van der Waals surface area contributed by atoms with Crippen molar-refractivity contribution in [2.45, 2.75) is 19.9 Å². The van der Waals surface area contributed by atoms with Gasteiger partial charge in [0.25, 0.3) is 0 Å². The zero-order valence-corrected chi connectivity index (χ0v) is 10.2. The zero-order chi connectivity index (χ0) is 12.8. The lowest BCUT2D eigenvalue weighted by Gasteiger charge is -2.25. The van der Waals surface area contributed by atoms with E-state index in [-0.39, 0.29) is 12.6 Å². The van der Waals surface area contributed by atoms with Crippen molar-refractivity contribution in [3.8, 4) is 12.3 Å². The number of aryl methyl sites for hydroxylation is 1. The van der Waals surface area contributed by atoms with Crippen LogP contribution >= 0.6 is 0 Å². The average Bonchev–Trinajstić information content (AvgIpc) is 2.28. The van der Waals surface area contributed by atoms with Crippen molar-refractivity contribution in [1.29, 1.82) is 0 Å². The van der Waals surface area contributed by atoms with E-state index in [0.29, 0.717) is 6.54 Å². The van der Waals surface area contributed by atoms with Gasteiger partial charge >= 0.3 is 5.97 Å². The van der Waals surface area contributed by atoms with Crippen LogP contribution in [0.5, 0.6) is 0 Å². The van der Waals surface area contributed by atoms with E-state index in [9.17, 15) is 4.79 Å². The Morgan fingerprint density at radius 3 is 2.53 bits per heavy atom. The highest BCUT2D eigenvalue weighted by Gasteiger charge is 2.17. The van der Waals surface area contributed by atoms with E-state index in [1.54, 1.807) is 4.90 Å². The summed E-state index contributed by atoms with van der Waals surface area (Å²) < 4.78 is 0. The van der Waals surface area contributed by atoms with E-state index in [1.807, 2.05) is 38.1 Å². The van der Waals surface area contributed by atoms with Crippen LogP contribution in [0, 0.1) is 19.3 Å². The third-order valence-corrected chi connectivity index (χ3v) is 2.74. The SMILES string of the molecule is C#CCN(CC(=O)O)C(C)c1ccc(C)cc1. The largest absolute Gasteiger partial charge is 0.480 e. The first-order valence-corrected chi connectivity index (χ1v) is 5.50. The Labute approximate surface area is 102 Å². The molecule has 3 nitrogen and oxygen atoms in total. The Kier molecular flexibility index (Phi) is 4.74. The van der Waals surface area contributed by atoms with Crippen molar-refractivity contribution in [1.82, 2.24) is 4.90 Å². The fourth-order valence-electron chi connectivity index (χ4n) is 1.68. The van der Waals surface area contributed by atoms with Crippen LogP contribution in [0.3, 0.4) is 0 Å². The molecule has 1 aromatic carbocycles. The van der Waals surface area contributed by atoms with Gasteiger partial charge < -0.3 is 5.11 Å². The van der Waals surface area contributed by atoms with Crippen LogP contribution in [0.1, 0.15) is 24.1 Å². The highest BCUT2D eigenvalue weighted by molar-refractivity contribution is 5.69. The fraction of sp³-hybridized carbons (Fsp3) is 0.357. The van der Waals surface area contributed by atoms with Crippen molar-refractivity contribution < 1.29 is 9.90 Å². The van der Waals surface area contributed by atoms with Gasteiger partial charge in [-0.25, -0.2) is 0 Å². The van der Waals surface area contributed by atoms with Gasteiger partial charge in [0.1, 0.15) is 0 Å². The number of carbonyl (C=O) groups is 1. The van der Waals surface area contributed by atoms with Gasteiger partial charge in [-0.05, 0) is 19.4 Å². The second kappa shape index (κ2) is 6.07. The number of aliphatic carboxylic acids is 1. The molecule has 0 amide bonds. The predicted octanol–water partition coefficient (Wildman–Crippen LogP) is 2.08. The number of nitrogens with zero attached hydrogens (tertiary/aromatic N) is 1. The lowest BCUT2D eigenvalue weighted by atomic mass is 10.1. The van der Waals surface area contributed by atoms with Crippen LogP contribution in [0.15, 0.2) is 24.3 Å². The molecule has 0 spiro atoms. The van der Waals surface area contributed by atoms with Crippen molar-refractivity contribution in [2.75, 3.05) is 13.1 Å². The Bertz CT molecular complexity index is 417. The molecule has 0 saturated heterocycles. The Morgan fingerprint density at radius 2 is 2.06 bits per heavy atom. The normalized spacial score (nSPS) is 12.1. The van der Waals surface area contributed by atoms with Gasteiger partial charge in [0, 0.05) is 6.04 Å². The average molecular weight is 231 g/mol. The summed E-state index contributed by atoms with van der Waals surface area (Å²) in [4.78, 5) is 12.5. The first-order valence-electron chi connectivity index (χ1n) is 5.50. The van der Waals surface area contributed by atoms with E-state index >= 15 is 0 Å². The van der Waals surface area contributed by atoms with Crippen molar-refractivity contribution in [3.05, 3.63) is 35.4 Å². The second-order valence-electron chi connectivity index (χ2n) is 4.09. The highest BCUT2D eigenvalue weighted by atomic mass is 16.4. The molecule has 0 radical (unpaired) electrons. The quantitative estimate of drug-likeness (QED) is 0.789. The summed E-state index contributed by atoms with van der Waals surface area (Å²) in [5.41, 5.74) is 2.26. The minimum absolute atomic E-state index is 0.00255. The molecule has 0 fully saturated rings. The summed E-state index contributed by atoms with van der Waals surface area (Å²) in [5.74, 6) is 1.64. The molecule has 1 rings (SSSR count). The van der Waals surface area contributed by atoms with Gasteiger partial charge in [0.05, 0.1) is 13.1 Å². The number of hydrogen-bond donors (Lipinski definition) is 1. The van der Waals surface area contributed by atoms with Gasteiger partial charge in [-0.15, -0.1) is 6.42 Å². The van der Waals surface area contributed by atoms with Crippen LogP contribution in [-0.2, 0) is 4.79 Å². The van der Waals surface area contributed by atoms with Crippen molar-refractivity contribution in [2.24, 2.45) is 0 Å².